The molecule has 0 saturated heterocycles. The minimum absolute atomic E-state index is 0.255. The van der Waals surface area contributed by atoms with E-state index in [4.69, 9.17) is 0 Å². The molecule has 3 fully saturated rings. The van der Waals surface area contributed by atoms with Crippen LogP contribution in [0.2, 0.25) is 0 Å². The summed E-state index contributed by atoms with van der Waals surface area (Å²) in [5.74, 6) is 1.93. The molecule has 3 saturated carbocycles. The molecule has 0 aromatic rings. The van der Waals surface area contributed by atoms with Gasteiger partial charge >= 0.3 is 0 Å². The summed E-state index contributed by atoms with van der Waals surface area (Å²) >= 11 is 0. The fourth-order valence-electron chi connectivity index (χ4n) is 3.57. The van der Waals surface area contributed by atoms with Crippen molar-refractivity contribution in [1.82, 2.24) is 0 Å². The van der Waals surface area contributed by atoms with Gasteiger partial charge in [0.05, 0.1) is 0 Å². The first-order chi connectivity index (χ1) is 5.64. The highest BCUT2D eigenvalue weighted by Crippen LogP contribution is 2.73. The van der Waals surface area contributed by atoms with Gasteiger partial charge < -0.3 is 0 Å². The summed E-state index contributed by atoms with van der Waals surface area (Å²) in [6, 6.07) is 0. The Kier molecular flexibility index (Phi) is 0.940. The molecule has 2 heteroatoms. The van der Waals surface area contributed by atoms with Crippen molar-refractivity contribution in [2.75, 3.05) is 0 Å². The lowest BCUT2D eigenvalue weighted by atomic mass is 9.78. The number of hydrogen-bond donors (Lipinski definition) is 0. The van der Waals surface area contributed by atoms with Gasteiger partial charge in [-0.2, -0.15) is 0 Å². The maximum atomic E-state index is 11.4. The summed E-state index contributed by atoms with van der Waals surface area (Å²) in [6.45, 7) is 2.20. The van der Waals surface area contributed by atoms with Crippen molar-refractivity contribution >= 4 is 11.6 Å². The maximum Gasteiger partial charge on any atom is 0.137 e. The first kappa shape index (κ1) is 6.81. The Labute approximate surface area is 71.3 Å². The van der Waals surface area contributed by atoms with Crippen LogP contribution in [0, 0.1) is 23.2 Å². The van der Waals surface area contributed by atoms with Crippen molar-refractivity contribution in [3.05, 3.63) is 0 Å². The van der Waals surface area contributed by atoms with Crippen LogP contribution in [0.15, 0.2) is 0 Å². The van der Waals surface area contributed by atoms with E-state index in [0.29, 0.717) is 42.7 Å². The molecule has 0 radical (unpaired) electrons. The van der Waals surface area contributed by atoms with Crippen molar-refractivity contribution in [2.45, 2.75) is 26.2 Å². The molecule has 4 atom stereocenters. The predicted octanol–water partition coefficient (Wildman–Crippen LogP) is 1.19. The van der Waals surface area contributed by atoms with Gasteiger partial charge in [-0.05, 0) is 17.3 Å². The van der Waals surface area contributed by atoms with E-state index in [9.17, 15) is 9.59 Å². The fraction of sp³-hybridized carbons (Fsp3) is 0.800. The highest BCUT2D eigenvalue weighted by molar-refractivity contribution is 5.94. The summed E-state index contributed by atoms with van der Waals surface area (Å²) in [6.07, 6.45) is 2.04. The Morgan fingerprint density at radius 3 is 2.67 bits per heavy atom. The second kappa shape index (κ2) is 1.66. The number of hydrogen-bond acceptors (Lipinski definition) is 2. The average molecular weight is 164 g/mol. The molecule has 3 aliphatic rings. The normalized spacial score (nSPS) is 55.6. The summed E-state index contributed by atoms with van der Waals surface area (Å²) in [5.41, 5.74) is 0.255. The molecule has 0 spiro atoms. The molecule has 0 aromatic heterocycles. The molecule has 0 heterocycles. The van der Waals surface area contributed by atoms with E-state index in [-0.39, 0.29) is 11.3 Å². The molecular weight excluding hydrogens is 152 g/mol. The van der Waals surface area contributed by atoms with Crippen molar-refractivity contribution in [2.24, 2.45) is 23.2 Å². The van der Waals surface area contributed by atoms with Crippen LogP contribution < -0.4 is 0 Å². The van der Waals surface area contributed by atoms with Gasteiger partial charge in [0.15, 0.2) is 0 Å². The Balaban J connectivity index is 2.02. The standard InChI is InChI=1S/C10H12O2/c1-10-5-2-6(11)4-7(10)9(10)8(12)3-5/h5,7,9H,2-4H2,1H3/t5-,7?,9?,10+/m1/s1. The highest BCUT2D eigenvalue weighted by atomic mass is 16.1. The first-order valence-electron chi connectivity index (χ1n) is 4.68. The minimum atomic E-state index is 0.255. The number of carbonyl (C=O) groups excluding carboxylic acids is 2. The van der Waals surface area contributed by atoms with Gasteiger partial charge in [-0.15, -0.1) is 0 Å². The van der Waals surface area contributed by atoms with E-state index in [1.54, 1.807) is 0 Å². The summed E-state index contributed by atoms with van der Waals surface area (Å²) < 4.78 is 0. The number of carbonyl (C=O) groups is 2. The van der Waals surface area contributed by atoms with Crippen molar-refractivity contribution in [1.29, 1.82) is 0 Å². The molecular formula is C10H12O2. The molecule has 2 unspecified atom stereocenters. The van der Waals surface area contributed by atoms with Crippen molar-refractivity contribution in [3.63, 3.8) is 0 Å². The van der Waals surface area contributed by atoms with Crippen LogP contribution in [-0.4, -0.2) is 11.6 Å². The summed E-state index contributed by atoms with van der Waals surface area (Å²) in [5, 5.41) is 0. The molecule has 3 rings (SSSR count). The third-order valence-corrected chi connectivity index (χ3v) is 4.36. The molecule has 64 valence electrons. The molecule has 2 nitrogen and oxygen atoms in total. The lowest BCUT2D eigenvalue weighted by Crippen LogP contribution is -2.24. The van der Waals surface area contributed by atoms with Gasteiger partial charge in [-0.1, -0.05) is 6.92 Å². The van der Waals surface area contributed by atoms with Crippen LogP contribution in [0.5, 0.6) is 0 Å². The van der Waals surface area contributed by atoms with E-state index in [0.717, 1.165) is 0 Å². The van der Waals surface area contributed by atoms with Crippen LogP contribution in [0.4, 0.5) is 0 Å². The third-order valence-electron chi connectivity index (χ3n) is 4.36. The average Bonchev–Trinajstić information content (AvgIpc) is 2.45. The van der Waals surface area contributed by atoms with E-state index in [1.165, 1.54) is 0 Å². The Morgan fingerprint density at radius 1 is 1.25 bits per heavy atom. The number of rotatable bonds is 0. The van der Waals surface area contributed by atoms with Crippen LogP contribution in [0.3, 0.4) is 0 Å². The van der Waals surface area contributed by atoms with E-state index in [1.807, 2.05) is 0 Å². The zero-order chi connectivity index (χ0) is 8.51. The fourth-order valence-corrected chi connectivity index (χ4v) is 3.57. The van der Waals surface area contributed by atoms with E-state index < -0.39 is 0 Å². The van der Waals surface area contributed by atoms with Gasteiger partial charge in [-0.25, -0.2) is 0 Å². The lowest BCUT2D eigenvalue weighted by molar-refractivity contribution is -0.124. The van der Waals surface area contributed by atoms with Crippen LogP contribution >= 0.6 is 0 Å². The molecule has 0 N–H and O–H groups in total. The monoisotopic (exact) mass is 164 g/mol. The largest absolute Gasteiger partial charge is 0.300 e. The van der Waals surface area contributed by atoms with Crippen LogP contribution in [0.1, 0.15) is 26.2 Å². The molecule has 0 amide bonds. The molecule has 0 bridgehead atoms. The molecule has 0 aliphatic heterocycles. The quantitative estimate of drug-likeness (QED) is 0.539. The van der Waals surface area contributed by atoms with Crippen molar-refractivity contribution < 1.29 is 9.59 Å². The number of Topliss-reactive ketones (excluding diaryl/α,β-unsaturated/α-hetero) is 2. The molecule has 0 aromatic carbocycles. The van der Waals surface area contributed by atoms with Gasteiger partial charge in [-0.3, -0.25) is 9.59 Å². The number of ketones is 2. The maximum absolute atomic E-state index is 11.4. The first-order valence-corrected chi connectivity index (χ1v) is 4.68. The van der Waals surface area contributed by atoms with Gasteiger partial charge in [0.1, 0.15) is 11.6 Å². The van der Waals surface area contributed by atoms with Crippen molar-refractivity contribution in [3.8, 4) is 0 Å². The van der Waals surface area contributed by atoms with Gasteiger partial charge in [0.25, 0.3) is 0 Å². The second-order valence-corrected chi connectivity index (χ2v) is 4.76. The summed E-state index contributed by atoms with van der Waals surface area (Å²) in [4.78, 5) is 22.7. The lowest BCUT2D eigenvalue weighted by Gasteiger charge is -2.24. The zero-order valence-corrected chi connectivity index (χ0v) is 7.17. The smallest absolute Gasteiger partial charge is 0.137 e. The van der Waals surface area contributed by atoms with Crippen LogP contribution in [0.25, 0.3) is 0 Å². The van der Waals surface area contributed by atoms with Gasteiger partial charge in [0, 0.05) is 25.2 Å². The second-order valence-electron chi connectivity index (χ2n) is 4.76. The predicted molar refractivity (Wildman–Crippen MR) is 42.4 cm³/mol. The highest BCUT2D eigenvalue weighted by Gasteiger charge is 2.73. The Bertz CT molecular complexity index is 294. The summed E-state index contributed by atoms with van der Waals surface area (Å²) in [7, 11) is 0. The Morgan fingerprint density at radius 2 is 2.00 bits per heavy atom. The molecule has 12 heavy (non-hydrogen) atoms. The molecule has 3 aliphatic carbocycles. The number of fused-ring (bicyclic) bond motifs is 1. The SMILES string of the molecule is C[C@@]12C3CC(=O)C[C@@H]1CC(=O)C32. The van der Waals surface area contributed by atoms with E-state index in [2.05, 4.69) is 6.92 Å². The van der Waals surface area contributed by atoms with Gasteiger partial charge in [0.2, 0.25) is 0 Å². The van der Waals surface area contributed by atoms with Crippen LogP contribution in [-0.2, 0) is 9.59 Å². The topological polar surface area (TPSA) is 34.1 Å². The van der Waals surface area contributed by atoms with E-state index >= 15 is 0 Å². The Hall–Kier alpha value is -0.660. The minimum Gasteiger partial charge on any atom is -0.300 e. The zero-order valence-electron chi connectivity index (χ0n) is 7.17. The third kappa shape index (κ3) is 0.520.